The Morgan fingerprint density at radius 3 is 2.33 bits per heavy atom. The Morgan fingerprint density at radius 1 is 1.11 bits per heavy atom. The van der Waals surface area contributed by atoms with Crippen LogP contribution >= 0.6 is 15.9 Å². The second kappa shape index (κ2) is 7.93. The summed E-state index contributed by atoms with van der Waals surface area (Å²) in [5.41, 5.74) is 2.49. The first-order valence-electron chi connectivity index (χ1n) is 6.71. The third kappa shape index (κ3) is 4.71. The molecule has 0 aliphatic carbocycles. The van der Waals surface area contributed by atoms with E-state index < -0.39 is 12.2 Å². The van der Waals surface area contributed by atoms with Gasteiger partial charge in [-0.05, 0) is 42.9 Å². The average Bonchev–Trinajstić information content (AvgIpc) is 2.36. The normalized spacial score (nSPS) is 14.5. The predicted octanol–water partition coefficient (Wildman–Crippen LogP) is 3.47. The van der Waals surface area contributed by atoms with Gasteiger partial charge in [-0.25, -0.2) is 0 Å². The molecule has 0 aromatic heterocycles. The van der Waals surface area contributed by atoms with Crippen molar-refractivity contribution in [3.63, 3.8) is 0 Å². The molecule has 0 heterocycles. The standard InChI is InChI=1S/C15H23BrO2/c1-3-5-14(17)15(18)9-7-11-6-8-12(4-2)13(16)10-11/h6,8,10,14-15,17-18H,3-5,7,9H2,1-2H3. The molecule has 0 radical (unpaired) electrons. The van der Waals surface area contributed by atoms with Crippen molar-refractivity contribution >= 4 is 15.9 Å². The van der Waals surface area contributed by atoms with Gasteiger partial charge in [-0.1, -0.05) is 48.3 Å². The predicted molar refractivity (Wildman–Crippen MR) is 78.8 cm³/mol. The third-order valence-electron chi connectivity index (χ3n) is 3.26. The molecule has 0 spiro atoms. The van der Waals surface area contributed by atoms with Crippen molar-refractivity contribution < 1.29 is 10.2 Å². The van der Waals surface area contributed by atoms with E-state index >= 15 is 0 Å². The fourth-order valence-corrected chi connectivity index (χ4v) is 2.73. The fourth-order valence-electron chi connectivity index (χ4n) is 2.03. The lowest BCUT2D eigenvalue weighted by molar-refractivity contribution is 0.00980. The Labute approximate surface area is 118 Å². The first kappa shape index (κ1) is 15.7. The summed E-state index contributed by atoms with van der Waals surface area (Å²) in [4.78, 5) is 0. The molecular formula is C15H23BrO2. The minimum Gasteiger partial charge on any atom is -0.390 e. The second-order valence-corrected chi connectivity index (χ2v) is 5.60. The van der Waals surface area contributed by atoms with E-state index in [2.05, 4.69) is 41.1 Å². The van der Waals surface area contributed by atoms with Crippen molar-refractivity contribution in [2.45, 2.75) is 58.2 Å². The molecule has 102 valence electrons. The summed E-state index contributed by atoms with van der Waals surface area (Å²) < 4.78 is 1.13. The molecule has 1 aromatic rings. The minimum atomic E-state index is -0.616. The van der Waals surface area contributed by atoms with Crippen LogP contribution in [0.4, 0.5) is 0 Å². The van der Waals surface area contributed by atoms with Gasteiger partial charge in [-0.2, -0.15) is 0 Å². The number of aryl methyl sites for hydroxylation is 2. The van der Waals surface area contributed by atoms with Gasteiger partial charge in [0.05, 0.1) is 12.2 Å². The molecule has 2 nitrogen and oxygen atoms in total. The molecule has 0 saturated heterocycles. The zero-order valence-corrected chi connectivity index (χ0v) is 12.8. The number of hydrogen-bond acceptors (Lipinski definition) is 2. The van der Waals surface area contributed by atoms with Crippen molar-refractivity contribution in [2.24, 2.45) is 0 Å². The van der Waals surface area contributed by atoms with Crippen molar-refractivity contribution in [3.05, 3.63) is 33.8 Å². The molecule has 2 N–H and O–H groups in total. The molecule has 0 aliphatic rings. The number of halogens is 1. The van der Waals surface area contributed by atoms with Crippen LogP contribution in [0.1, 0.15) is 44.2 Å². The van der Waals surface area contributed by atoms with E-state index in [1.807, 2.05) is 6.92 Å². The molecule has 0 amide bonds. The number of benzene rings is 1. The van der Waals surface area contributed by atoms with Gasteiger partial charge >= 0.3 is 0 Å². The fraction of sp³-hybridized carbons (Fsp3) is 0.600. The van der Waals surface area contributed by atoms with Gasteiger partial charge in [0, 0.05) is 4.47 Å². The van der Waals surface area contributed by atoms with Gasteiger partial charge in [-0.15, -0.1) is 0 Å². The number of aliphatic hydroxyl groups excluding tert-OH is 2. The molecule has 2 atom stereocenters. The van der Waals surface area contributed by atoms with Crippen molar-refractivity contribution in [3.8, 4) is 0 Å². The van der Waals surface area contributed by atoms with Crippen molar-refractivity contribution in [1.82, 2.24) is 0 Å². The number of rotatable bonds is 7. The topological polar surface area (TPSA) is 40.5 Å². The summed E-state index contributed by atoms with van der Waals surface area (Å²) in [7, 11) is 0. The molecule has 1 rings (SSSR count). The first-order valence-corrected chi connectivity index (χ1v) is 7.51. The lowest BCUT2D eigenvalue weighted by Gasteiger charge is -2.17. The van der Waals surface area contributed by atoms with Crippen LogP contribution in [0.3, 0.4) is 0 Å². The minimum absolute atomic E-state index is 0.589. The summed E-state index contributed by atoms with van der Waals surface area (Å²) in [6, 6.07) is 6.33. The Hall–Kier alpha value is -0.380. The van der Waals surface area contributed by atoms with Crippen LogP contribution in [-0.2, 0) is 12.8 Å². The van der Waals surface area contributed by atoms with E-state index in [0.29, 0.717) is 12.8 Å². The summed E-state index contributed by atoms with van der Waals surface area (Å²) in [6.07, 6.45) is 2.78. The SMILES string of the molecule is CCCC(O)C(O)CCc1ccc(CC)c(Br)c1. The van der Waals surface area contributed by atoms with E-state index in [4.69, 9.17) is 0 Å². The zero-order valence-electron chi connectivity index (χ0n) is 11.2. The largest absolute Gasteiger partial charge is 0.390 e. The van der Waals surface area contributed by atoms with Crippen molar-refractivity contribution in [1.29, 1.82) is 0 Å². The van der Waals surface area contributed by atoms with Crippen LogP contribution in [0, 0.1) is 0 Å². The molecule has 18 heavy (non-hydrogen) atoms. The third-order valence-corrected chi connectivity index (χ3v) is 3.99. The van der Waals surface area contributed by atoms with Crippen LogP contribution in [0.2, 0.25) is 0 Å². The number of hydrogen-bond donors (Lipinski definition) is 2. The van der Waals surface area contributed by atoms with Gasteiger partial charge in [0.2, 0.25) is 0 Å². The molecule has 0 bridgehead atoms. The highest BCUT2D eigenvalue weighted by Gasteiger charge is 2.15. The molecule has 0 fully saturated rings. The Morgan fingerprint density at radius 2 is 1.78 bits per heavy atom. The van der Waals surface area contributed by atoms with Crippen LogP contribution in [0.5, 0.6) is 0 Å². The van der Waals surface area contributed by atoms with E-state index in [1.54, 1.807) is 0 Å². The lowest BCUT2D eigenvalue weighted by atomic mass is 10.00. The molecule has 3 heteroatoms. The van der Waals surface area contributed by atoms with E-state index in [-0.39, 0.29) is 0 Å². The molecule has 0 saturated carbocycles. The Bertz CT molecular complexity index is 366. The van der Waals surface area contributed by atoms with E-state index in [9.17, 15) is 10.2 Å². The van der Waals surface area contributed by atoms with Gasteiger partial charge in [-0.3, -0.25) is 0 Å². The highest BCUT2D eigenvalue weighted by Crippen LogP contribution is 2.20. The van der Waals surface area contributed by atoms with Gasteiger partial charge in [0.25, 0.3) is 0 Å². The molecular weight excluding hydrogens is 292 g/mol. The summed E-state index contributed by atoms with van der Waals surface area (Å²) in [5.74, 6) is 0. The quantitative estimate of drug-likeness (QED) is 0.809. The first-order chi connectivity index (χ1) is 8.58. The summed E-state index contributed by atoms with van der Waals surface area (Å²) in [5, 5.41) is 19.5. The van der Waals surface area contributed by atoms with Crippen LogP contribution in [0.15, 0.2) is 22.7 Å². The van der Waals surface area contributed by atoms with Crippen LogP contribution in [0.25, 0.3) is 0 Å². The van der Waals surface area contributed by atoms with Gasteiger partial charge < -0.3 is 10.2 Å². The van der Waals surface area contributed by atoms with Crippen LogP contribution in [-0.4, -0.2) is 22.4 Å². The molecule has 2 unspecified atom stereocenters. The van der Waals surface area contributed by atoms with Gasteiger partial charge in [0.15, 0.2) is 0 Å². The highest BCUT2D eigenvalue weighted by molar-refractivity contribution is 9.10. The maximum absolute atomic E-state index is 9.82. The van der Waals surface area contributed by atoms with Crippen LogP contribution < -0.4 is 0 Å². The van der Waals surface area contributed by atoms with Gasteiger partial charge in [0.1, 0.15) is 0 Å². The van der Waals surface area contributed by atoms with E-state index in [1.165, 1.54) is 11.1 Å². The number of aliphatic hydroxyl groups is 2. The summed E-state index contributed by atoms with van der Waals surface area (Å²) in [6.45, 7) is 4.14. The summed E-state index contributed by atoms with van der Waals surface area (Å²) >= 11 is 3.56. The maximum atomic E-state index is 9.82. The zero-order chi connectivity index (χ0) is 13.5. The average molecular weight is 315 g/mol. The monoisotopic (exact) mass is 314 g/mol. The highest BCUT2D eigenvalue weighted by atomic mass is 79.9. The smallest absolute Gasteiger partial charge is 0.0802 e. The maximum Gasteiger partial charge on any atom is 0.0802 e. The second-order valence-electron chi connectivity index (χ2n) is 4.74. The molecule has 1 aromatic carbocycles. The van der Waals surface area contributed by atoms with E-state index in [0.717, 1.165) is 23.7 Å². The lowest BCUT2D eigenvalue weighted by Crippen LogP contribution is -2.26. The Balaban J connectivity index is 2.50. The van der Waals surface area contributed by atoms with Crippen molar-refractivity contribution in [2.75, 3.05) is 0 Å². The Kier molecular flexibility index (Phi) is 6.90. The molecule has 0 aliphatic heterocycles.